The molecule has 10 heteroatoms. The van der Waals surface area contributed by atoms with E-state index in [0.29, 0.717) is 23.9 Å². The van der Waals surface area contributed by atoms with Gasteiger partial charge in [0.15, 0.2) is 12.0 Å². The van der Waals surface area contributed by atoms with E-state index in [-0.39, 0.29) is 41.9 Å². The number of carbonyl (C=O) groups excluding carboxylic acids is 1. The second-order valence-electron chi connectivity index (χ2n) is 7.47. The number of aromatic nitrogens is 1. The first-order valence-electron chi connectivity index (χ1n) is 10.1. The molecular formula is C22H22FN3O5S. The third kappa shape index (κ3) is 4.51. The van der Waals surface area contributed by atoms with E-state index in [1.807, 2.05) is 30.3 Å². The topological polar surface area (TPSA) is 93.9 Å². The Morgan fingerprint density at radius 3 is 2.59 bits per heavy atom. The van der Waals surface area contributed by atoms with Crippen molar-refractivity contribution >= 4 is 26.9 Å². The van der Waals surface area contributed by atoms with Crippen LogP contribution in [0.2, 0.25) is 0 Å². The molecule has 0 saturated carbocycles. The highest BCUT2D eigenvalue weighted by Gasteiger charge is 2.31. The summed E-state index contributed by atoms with van der Waals surface area (Å²) in [5.41, 5.74) is 0.859. The van der Waals surface area contributed by atoms with Gasteiger partial charge in [-0.3, -0.25) is 0 Å². The second kappa shape index (κ2) is 9.09. The molecule has 0 bridgehead atoms. The van der Waals surface area contributed by atoms with Crippen molar-refractivity contribution in [3.8, 4) is 0 Å². The molecule has 1 aliphatic heterocycles. The van der Waals surface area contributed by atoms with E-state index >= 15 is 0 Å². The van der Waals surface area contributed by atoms with Crippen molar-refractivity contribution in [2.75, 3.05) is 26.2 Å². The number of halogens is 1. The van der Waals surface area contributed by atoms with E-state index in [0.717, 1.165) is 11.8 Å². The number of sulfonamides is 1. The zero-order valence-electron chi connectivity index (χ0n) is 17.2. The van der Waals surface area contributed by atoms with Crippen LogP contribution in [0, 0.1) is 11.0 Å². The zero-order valence-corrected chi connectivity index (χ0v) is 18.0. The molecule has 1 saturated heterocycles. The average molecular weight is 459 g/mol. The smallest absolute Gasteiger partial charge is 0.410 e. The average Bonchev–Trinajstić information content (AvgIpc) is 3.04. The summed E-state index contributed by atoms with van der Waals surface area (Å²) in [5.74, 6) is -0.905. The van der Waals surface area contributed by atoms with E-state index in [1.54, 1.807) is 0 Å². The van der Waals surface area contributed by atoms with Gasteiger partial charge in [0, 0.05) is 31.6 Å². The van der Waals surface area contributed by atoms with Crippen LogP contribution in [0.4, 0.5) is 9.18 Å². The fourth-order valence-electron chi connectivity index (χ4n) is 3.74. The number of amides is 1. The summed E-state index contributed by atoms with van der Waals surface area (Å²) in [6, 6.07) is 13.6. The molecule has 4 rings (SSSR count). The number of ether oxygens (including phenoxy) is 1. The molecule has 32 heavy (non-hydrogen) atoms. The fraction of sp³-hybridized carbons (Fsp3) is 0.273. The molecule has 0 N–H and O–H groups in total. The number of hydrogen-bond acceptors (Lipinski definition) is 5. The summed E-state index contributed by atoms with van der Waals surface area (Å²) < 4.78 is 48.0. The van der Waals surface area contributed by atoms with Crippen LogP contribution in [0.1, 0.15) is 12.0 Å². The zero-order chi connectivity index (χ0) is 22.7. The molecule has 0 atom stereocenters. The van der Waals surface area contributed by atoms with E-state index in [1.165, 1.54) is 27.4 Å². The molecule has 168 valence electrons. The lowest BCUT2D eigenvalue weighted by atomic mass is 10.2. The van der Waals surface area contributed by atoms with Gasteiger partial charge in [-0.05, 0) is 24.1 Å². The molecule has 0 spiro atoms. The SMILES string of the molecule is O=C(OCc1ccccc1)N1CCCN(S(=O)(=O)c2cccc3c[n+]([O-])cc(F)c23)CC1. The maximum atomic E-state index is 14.5. The third-order valence-electron chi connectivity index (χ3n) is 5.34. The summed E-state index contributed by atoms with van der Waals surface area (Å²) in [6.45, 7) is 0.861. The highest BCUT2D eigenvalue weighted by molar-refractivity contribution is 7.89. The highest BCUT2D eigenvalue weighted by atomic mass is 32.2. The van der Waals surface area contributed by atoms with Gasteiger partial charge in [0.05, 0.1) is 10.3 Å². The van der Waals surface area contributed by atoms with Gasteiger partial charge in [0.1, 0.15) is 6.61 Å². The summed E-state index contributed by atoms with van der Waals surface area (Å²) in [6.07, 6.45) is 1.73. The Morgan fingerprint density at radius 1 is 1.03 bits per heavy atom. The maximum Gasteiger partial charge on any atom is 0.410 e. The minimum Gasteiger partial charge on any atom is -0.619 e. The number of benzene rings is 2. The van der Waals surface area contributed by atoms with E-state index < -0.39 is 21.9 Å². The fourth-order valence-corrected chi connectivity index (χ4v) is 5.44. The first kappa shape index (κ1) is 22.0. The largest absolute Gasteiger partial charge is 0.619 e. The predicted octanol–water partition coefficient (Wildman–Crippen LogP) is 2.65. The number of rotatable bonds is 4. The number of hydrogen-bond donors (Lipinski definition) is 0. The lowest BCUT2D eigenvalue weighted by Gasteiger charge is -2.22. The minimum absolute atomic E-state index is 0.0508. The molecule has 8 nitrogen and oxygen atoms in total. The molecule has 1 aliphatic rings. The van der Waals surface area contributed by atoms with Crippen molar-refractivity contribution < 1.29 is 27.1 Å². The lowest BCUT2D eigenvalue weighted by Crippen LogP contribution is -2.37. The molecule has 0 aliphatic carbocycles. The van der Waals surface area contributed by atoms with Gasteiger partial charge in [-0.2, -0.15) is 13.4 Å². The molecule has 3 aromatic rings. The summed E-state index contributed by atoms with van der Waals surface area (Å²) in [7, 11) is -4.05. The van der Waals surface area contributed by atoms with E-state index in [2.05, 4.69) is 0 Å². The maximum absolute atomic E-state index is 14.5. The number of nitrogens with zero attached hydrogens (tertiary/aromatic N) is 3. The van der Waals surface area contributed by atoms with Crippen molar-refractivity contribution in [1.29, 1.82) is 0 Å². The number of pyridine rings is 1. The molecule has 2 aromatic carbocycles. The van der Waals surface area contributed by atoms with Crippen LogP contribution in [0.15, 0.2) is 65.8 Å². The van der Waals surface area contributed by atoms with Crippen LogP contribution in [-0.4, -0.2) is 49.9 Å². The summed E-state index contributed by atoms with van der Waals surface area (Å²) in [4.78, 5) is 13.7. The van der Waals surface area contributed by atoms with Crippen molar-refractivity contribution in [3.05, 3.63) is 77.5 Å². The Morgan fingerprint density at radius 2 is 1.81 bits per heavy atom. The molecule has 2 heterocycles. The lowest BCUT2D eigenvalue weighted by molar-refractivity contribution is -0.605. The summed E-state index contributed by atoms with van der Waals surface area (Å²) >= 11 is 0. The van der Waals surface area contributed by atoms with Crippen molar-refractivity contribution in [3.63, 3.8) is 0 Å². The first-order valence-corrected chi connectivity index (χ1v) is 11.6. The minimum atomic E-state index is -4.05. The van der Waals surface area contributed by atoms with E-state index in [9.17, 15) is 22.8 Å². The van der Waals surface area contributed by atoms with Crippen LogP contribution < -0.4 is 4.73 Å². The van der Waals surface area contributed by atoms with Gasteiger partial charge < -0.3 is 14.8 Å². The van der Waals surface area contributed by atoms with Gasteiger partial charge in [-0.15, -0.1) is 0 Å². The highest BCUT2D eigenvalue weighted by Crippen LogP contribution is 2.27. The quantitative estimate of drug-likeness (QED) is 0.442. The third-order valence-corrected chi connectivity index (χ3v) is 7.28. The normalized spacial score (nSPS) is 15.5. The van der Waals surface area contributed by atoms with Crippen LogP contribution in [0.3, 0.4) is 0 Å². The second-order valence-corrected chi connectivity index (χ2v) is 9.38. The Hall–Kier alpha value is -3.24. The molecule has 0 radical (unpaired) electrons. The number of carbonyl (C=O) groups is 1. The predicted molar refractivity (Wildman–Crippen MR) is 114 cm³/mol. The Kier molecular flexibility index (Phi) is 6.24. The Labute approximate surface area is 185 Å². The van der Waals surface area contributed by atoms with Gasteiger partial charge in [0.2, 0.25) is 16.2 Å². The Bertz CT molecular complexity index is 1240. The van der Waals surface area contributed by atoms with Crippen molar-refractivity contribution in [2.45, 2.75) is 17.9 Å². The van der Waals surface area contributed by atoms with Crippen molar-refractivity contribution in [2.24, 2.45) is 0 Å². The Balaban J connectivity index is 1.49. The monoisotopic (exact) mass is 459 g/mol. The van der Waals surface area contributed by atoms with Gasteiger partial charge in [-0.1, -0.05) is 36.4 Å². The molecular weight excluding hydrogens is 437 g/mol. The van der Waals surface area contributed by atoms with Gasteiger partial charge in [0.25, 0.3) is 0 Å². The van der Waals surface area contributed by atoms with Gasteiger partial charge >= 0.3 is 6.09 Å². The van der Waals surface area contributed by atoms with Crippen LogP contribution in [0.25, 0.3) is 10.8 Å². The van der Waals surface area contributed by atoms with Crippen LogP contribution in [-0.2, 0) is 21.4 Å². The van der Waals surface area contributed by atoms with Crippen LogP contribution in [0.5, 0.6) is 0 Å². The number of fused-ring (bicyclic) bond motifs is 1. The molecule has 1 amide bonds. The van der Waals surface area contributed by atoms with Crippen molar-refractivity contribution in [1.82, 2.24) is 9.21 Å². The van der Waals surface area contributed by atoms with E-state index in [4.69, 9.17) is 4.74 Å². The standard InChI is InChI=1S/C22H22FN3O5S/c23-19-15-25(28)14-18-8-4-9-20(21(18)19)32(29,30)26-11-5-10-24(12-13-26)22(27)31-16-17-6-2-1-3-7-17/h1-4,6-9,14-15H,5,10-13,16H2. The molecule has 0 unspecified atom stereocenters. The first-order chi connectivity index (χ1) is 15.4. The van der Waals surface area contributed by atoms with Crippen LogP contribution >= 0.6 is 0 Å². The summed E-state index contributed by atoms with van der Waals surface area (Å²) in [5, 5.41) is 11.6. The molecule has 1 aromatic heterocycles. The molecule has 1 fully saturated rings. The van der Waals surface area contributed by atoms with Gasteiger partial charge in [-0.25, -0.2) is 13.2 Å².